The van der Waals surface area contributed by atoms with Crippen molar-refractivity contribution in [2.24, 2.45) is 0 Å². The summed E-state index contributed by atoms with van der Waals surface area (Å²) < 4.78 is 5.49. The van der Waals surface area contributed by atoms with Crippen LogP contribution in [-0.4, -0.2) is 48.3 Å². The topological polar surface area (TPSA) is 49.8 Å². The van der Waals surface area contributed by atoms with Gasteiger partial charge in [-0.2, -0.15) is 0 Å². The lowest BCUT2D eigenvalue weighted by Crippen LogP contribution is -2.41. The number of nitrogens with zero attached hydrogens (tertiary/aromatic N) is 1. The first-order valence-electron chi connectivity index (χ1n) is 7.05. The zero-order valence-corrected chi connectivity index (χ0v) is 13.2. The maximum Gasteiger partial charge on any atom is 0.227 e. The van der Waals surface area contributed by atoms with Crippen molar-refractivity contribution < 1.29 is 14.6 Å². The Hall–Kier alpha value is -0.810. The van der Waals surface area contributed by atoms with Crippen LogP contribution in [0.3, 0.4) is 0 Å². The van der Waals surface area contributed by atoms with Gasteiger partial charge in [-0.05, 0) is 30.5 Å². The van der Waals surface area contributed by atoms with Gasteiger partial charge >= 0.3 is 0 Å². The predicted octanol–water partition coefficient (Wildman–Crippen LogP) is 2.54. The molecule has 2 rings (SSSR count). The van der Waals surface area contributed by atoms with E-state index < -0.39 is 0 Å². The molecule has 0 spiro atoms. The van der Waals surface area contributed by atoms with E-state index >= 15 is 0 Å². The summed E-state index contributed by atoms with van der Waals surface area (Å²) in [4.78, 5) is 14.1. The van der Waals surface area contributed by atoms with E-state index in [4.69, 9.17) is 33.0 Å². The lowest BCUT2D eigenvalue weighted by molar-refractivity contribution is -0.133. The number of hydrogen-bond donors (Lipinski definition) is 1. The van der Waals surface area contributed by atoms with Crippen LogP contribution in [0.15, 0.2) is 18.2 Å². The van der Waals surface area contributed by atoms with Crippen molar-refractivity contribution in [3.05, 3.63) is 33.8 Å². The molecule has 1 aromatic rings. The summed E-state index contributed by atoms with van der Waals surface area (Å²) in [5, 5.41) is 9.79. The van der Waals surface area contributed by atoms with Crippen molar-refractivity contribution in [2.45, 2.75) is 25.4 Å². The number of likely N-dealkylation sites (tertiary alicyclic amines) is 1. The molecule has 1 N–H and O–H groups in total. The summed E-state index contributed by atoms with van der Waals surface area (Å²) in [5.74, 6) is 0.0330. The normalized spacial score (nSPS) is 16.2. The van der Waals surface area contributed by atoms with Crippen molar-refractivity contribution in [2.75, 3.05) is 26.3 Å². The van der Waals surface area contributed by atoms with Gasteiger partial charge in [-0.3, -0.25) is 4.79 Å². The Balaban J connectivity index is 1.88. The van der Waals surface area contributed by atoms with Crippen molar-refractivity contribution in [3.63, 3.8) is 0 Å². The zero-order valence-electron chi connectivity index (χ0n) is 11.7. The van der Waals surface area contributed by atoms with E-state index in [1.54, 1.807) is 18.2 Å². The molecule has 0 bridgehead atoms. The van der Waals surface area contributed by atoms with E-state index in [0.717, 1.165) is 12.8 Å². The van der Waals surface area contributed by atoms with Gasteiger partial charge in [0.25, 0.3) is 0 Å². The summed E-state index contributed by atoms with van der Waals surface area (Å²) in [6, 6.07) is 5.25. The van der Waals surface area contributed by atoms with Crippen LogP contribution in [0.1, 0.15) is 18.4 Å². The van der Waals surface area contributed by atoms with Gasteiger partial charge in [-0.15, -0.1) is 0 Å². The van der Waals surface area contributed by atoms with E-state index in [2.05, 4.69) is 0 Å². The third kappa shape index (κ3) is 4.58. The number of halogens is 2. The Morgan fingerprint density at radius 2 is 1.90 bits per heavy atom. The van der Waals surface area contributed by atoms with E-state index in [0.29, 0.717) is 35.3 Å². The summed E-state index contributed by atoms with van der Waals surface area (Å²) in [6.45, 7) is 1.71. The molecule has 0 aliphatic carbocycles. The zero-order chi connectivity index (χ0) is 15.2. The molecule has 1 aliphatic heterocycles. The molecule has 1 saturated heterocycles. The minimum atomic E-state index is 0.0319. The first-order valence-corrected chi connectivity index (χ1v) is 7.80. The molecule has 0 saturated carbocycles. The van der Waals surface area contributed by atoms with Gasteiger partial charge in [0.05, 0.1) is 25.7 Å². The number of aliphatic hydroxyl groups is 1. The summed E-state index contributed by atoms with van der Waals surface area (Å²) in [5.41, 5.74) is 0.685. The lowest BCUT2D eigenvalue weighted by atomic mass is 10.1. The second kappa shape index (κ2) is 7.99. The number of ether oxygens (including phenoxy) is 1. The predicted molar refractivity (Wildman–Crippen MR) is 82.8 cm³/mol. The van der Waals surface area contributed by atoms with Crippen LogP contribution in [0.2, 0.25) is 10.0 Å². The highest BCUT2D eigenvalue weighted by atomic mass is 35.5. The van der Waals surface area contributed by atoms with Crippen molar-refractivity contribution in [1.82, 2.24) is 4.90 Å². The van der Waals surface area contributed by atoms with Gasteiger partial charge in [0, 0.05) is 23.1 Å². The SMILES string of the molecule is O=C(Cc1c(Cl)cccc1Cl)N1CCC(OCCO)CC1. The highest BCUT2D eigenvalue weighted by Gasteiger charge is 2.24. The number of rotatable bonds is 5. The van der Waals surface area contributed by atoms with E-state index in [1.807, 2.05) is 4.90 Å². The molecule has 1 heterocycles. The van der Waals surface area contributed by atoms with Crippen molar-refractivity contribution in [1.29, 1.82) is 0 Å². The molecule has 4 nitrogen and oxygen atoms in total. The fourth-order valence-electron chi connectivity index (χ4n) is 2.46. The Bertz CT molecular complexity index is 468. The Kier molecular flexibility index (Phi) is 6.30. The lowest BCUT2D eigenvalue weighted by Gasteiger charge is -2.32. The number of hydrogen-bond acceptors (Lipinski definition) is 3. The molecule has 0 atom stereocenters. The van der Waals surface area contributed by atoms with Gasteiger partial charge < -0.3 is 14.7 Å². The van der Waals surface area contributed by atoms with Crippen LogP contribution in [0.25, 0.3) is 0 Å². The maximum atomic E-state index is 12.3. The van der Waals surface area contributed by atoms with Crippen LogP contribution in [-0.2, 0) is 16.0 Å². The Morgan fingerprint density at radius 1 is 1.29 bits per heavy atom. The average Bonchev–Trinajstić information content (AvgIpc) is 2.49. The second-order valence-corrected chi connectivity index (χ2v) is 5.87. The number of aliphatic hydroxyl groups excluding tert-OH is 1. The second-order valence-electron chi connectivity index (χ2n) is 5.05. The molecular formula is C15H19Cl2NO3. The monoisotopic (exact) mass is 331 g/mol. The standard InChI is InChI=1S/C15H19Cl2NO3/c16-13-2-1-3-14(17)12(13)10-15(20)18-6-4-11(5-7-18)21-9-8-19/h1-3,11,19H,4-10H2. The van der Waals surface area contributed by atoms with Gasteiger partial charge in [0.15, 0.2) is 0 Å². The molecule has 0 unspecified atom stereocenters. The summed E-state index contributed by atoms with van der Waals surface area (Å²) >= 11 is 12.2. The van der Waals surface area contributed by atoms with Crippen LogP contribution in [0, 0.1) is 0 Å². The molecule has 1 aromatic carbocycles. The number of amides is 1. The summed E-state index contributed by atoms with van der Waals surface area (Å²) in [6.07, 6.45) is 1.94. The van der Waals surface area contributed by atoms with Gasteiger partial charge in [-0.1, -0.05) is 29.3 Å². The number of carbonyl (C=O) groups is 1. The molecule has 1 fully saturated rings. The van der Waals surface area contributed by atoms with Gasteiger partial charge in [-0.25, -0.2) is 0 Å². The van der Waals surface area contributed by atoms with Crippen LogP contribution in [0.5, 0.6) is 0 Å². The van der Waals surface area contributed by atoms with Gasteiger partial charge in [0.1, 0.15) is 0 Å². The first-order chi connectivity index (χ1) is 10.1. The van der Waals surface area contributed by atoms with Crippen molar-refractivity contribution in [3.8, 4) is 0 Å². The molecule has 1 amide bonds. The molecular weight excluding hydrogens is 313 g/mol. The number of benzene rings is 1. The largest absolute Gasteiger partial charge is 0.394 e. The number of piperidine rings is 1. The maximum absolute atomic E-state index is 12.3. The number of carbonyl (C=O) groups excluding carboxylic acids is 1. The highest BCUT2D eigenvalue weighted by molar-refractivity contribution is 6.36. The van der Waals surface area contributed by atoms with E-state index in [9.17, 15) is 4.79 Å². The fraction of sp³-hybridized carbons (Fsp3) is 0.533. The highest BCUT2D eigenvalue weighted by Crippen LogP contribution is 2.25. The molecule has 0 aromatic heterocycles. The van der Waals surface area contributed by atoms with E-state index in [-0.39, 0.29) is 25.0 Å². The minimum absolute atomic E-state index is 0.0319. The van der Waals surface area contributed by atoms with Crippen LogP contribution >= 0.6 is 23.2 Å². The molecule has 21 heavy (non-hydrogen) atoms. The third-order valence-corrected chi connectivity index (χ3v) is 4.34. The average molecular weight is 332 g/mol. The molecule has 116 valence electrons. The molecule has 0 radical (unpaired) electrons. The minimum Gasteiger partial charge on any atom is -0.394 e. The van der Waals surface area contributed by atoms with Crippen LogP contribution in [0.4, 0.5) is 0 Å². The molecule has 1 aliphatic rings. The third-order valence-electron chi connectivity index (χ3n) is 3.63. The summed E-state index contributed by atoms with van der Waals surface area (Å²) in [7, 11) is 0. The smallest absolute Gasteiger partial charge is 0.227 e. The van der Waals surface area contributed by atoms with Crippen molar-refractivity contribution >= 4 is 29.1 Å². The van der Waals surface area contributed by atoms with E-state index in [1.165, 1.54) is 0 Å². The quantitative estimate of drug-likeness (QED) is 0.901. The Morgan fingerprint density at radius 3 is 2.48 bits per heavy atom. The first kappa shape index (κ1) is 16.6. The Labute approximate surface area is 134 Å². The fourth-order valence-corrected chi connectivity index (χ4v) is 2.99. The molecule has 6 heteroatoms. The van der Waals surface area contributed by atoms with Gasteiger partial charge in [0.2, 0.25) is 5.91 Å². The van der Waals surface area contributed by atoms with Crippen LogP contribution < -0.4 is 0 Å².